The van der Waals surface area contributed by atoms with Gasteiger partial charge in [0.05, 0.1) is 6.61 Å². The molecule has 1 saturated carbocycles. The van der Waals surface area contributed by atoms with E-state index in [2.05, 4.69) is 35.0 Å². The van der Waals surface area contributed by atoms with Crippen molar-refractivity contribution < 1.29 is 4.74 Å². The maximum atomic E-state index is 6.24. The van der Waals surface area contributed by atoms with E-state index in [9.17, 15) is 0 Å². The standard InChI is InChI=1S/C16H20BrClO/c1-10-2-3-15(17)12(6-10)7-13-9-14(18)8-11-4-5-19-16(11)13/h8-10,12,15H,2-7H2,1H3. The molecule has 1 aromatic carbocycles. The highest BCUT2D eigenvalue weighted by molar-refractivity contribution is 9.09. The lowest BCUT2D eigenvalue weighted by Crippen LogP contribution is -2.25. The third kappa shape index (κ3) is 2.95. The van der Waals surface area contributed by atoms with Crippen molar-refractivity contribution in [2.45, 2.75) is 43.9 Å². The summed E-state index contributed by atoms with van der Waals surface area (Å²) < 4.78 is 5.81. The van der Waals surface area contributed by atoms with Crippen molar-refractivity contribution in [1.82, 2.24) is 0 Å². The fraction of sp³-hybridized carbons (Fsp3) is 0.625. The zero-order chi connectivity index (χ0) is 13.4. The van der Waals surface area contributed by atoms with Crippen molar-refractivity contribution in [3.05, 3.63) is 28.3 Å². The lowest BCUT2D eigenvalue weighted by molar-refractivity contribution is 0.290. The average molecular weight is 344 g/mol. The molecule has 0 saturated heterocycles. The summed E-state index contributed by atoms with van der Waals surface area (Å²) in [6.07, 6.45) is 6.02. The second-order valence-electron chi connectivity index (χ2n) is 6.05. The van der Waals surface area contributed by atoms with Crippen molar-refractivity contribution in [1.29, 1.82) is 0 Å². The fourth-order valence-electron chi connectivity index (χ4n) is 3.45. The molecule has 0 N–H and O–H groups in total. The summed E-state index contributed by atoms with van der Waals surface area (Å²) in [6, 6.07) is 4.16. The van der Waals surface area contributed by atoms with Crippen LogP contribution in [0.25, 0.3) is 0 Å². The lowest BCUT2D eigenvalue weighted by Gasteiger charge is -2.32. The largest absolute Gasteiger partial charge is 0.493 e. The number of benzene rings is 1. The van der Waals surface area contributed by atoms with Gasteiger partial charge < -0.3 is 4.74 Å². The highest BCUT2D eigenvalue weighted by atomic mass is 79.9. The van der Waals surface area contributed by atoms with E-state index in [1.165, 1.54) is 30.4 Å². The molecule has 3 rings (SSSR count). The van der Waals surface area contributed by atoms with E-state index in [-0.39, 0.29) is 0 Å². The number of halogens is 2. The third-order valence-corrected chi connectivity index (χ3v) is 5.88. The summed E-state index contributed by atoms with van der Waals surface area (Å²) >= 11 is 10.1. The normalized spacial score (nSPS) is 29.9. The summed E-state index contributed by atoms with van der Waals surface area (Å²) in [5.41, 5.74) is 2.60. The molecule has 104 valence electrons. The van der Waals surface area contributed by atoms with Crippen molar-refractivity contribution in [2.75, 3.05) is 6.61 Å². The van der Waals surface area contributed by atoms with Crippen LogP contribution in [0.4, 0.5) is 0 Å². The number of hydrogen-bond acceptors (Lipinski definition) is 1. The Balaban J connectivity index is 1.83. The van der Waals surface area contributed by atoms with E-state index >= 15 is 0 Å². The number of fused-ring (bicyclic) bond motifs is 1. The smallest absolute Gasteiger partial charge is 0.125 e. The molecule has 1 aromatic rings. The van der Waals surface area contributed by atoms with E-state index < -0.39 is 0 Å². The van der Waals surface area contributed by atoms with Crippen LogP contribution in [-0.2, 0) is 12.8 Å². The monoisotopic (exact) mass is 342 g/mol. The van der Waals surface area contributed by atoms with Crippen LogP contribution in [-0.4, -0.2) is 11.4 Å². The van der Waals surface area contributed by atoms with E-state index in [0.717, 1.165) is 36.1 Å². The van der Waals surface area contributed by atoms with E-state index in [4.69, 9.17) is 16.3 Å². The minimum atomic E-state index is 0.639. The molecular weight excluding hydrogens is 324 g/mol. The maximum absolute atomic E-state index is 6.24. The molecule has 0 bridgehead atoms. The number of rotatable bonds is 2. The Kier molecular flexibility index (Phi) is 4.09. The predicted octanol–water partition coefficient (Wildman–Crippen LogP) is 5.02. The van der Waals surface area contributed by atoms with Gasteiger partial charge in [-0.05, 0) is 60.8 Å². The molecule has 1 heterocycles. The number of ether oxygens (including phenoxy) is 1. The van der Waals surface area contributed by atoms with Gasteiger partial charge >= 0.3 is 0 Å². The first-order valence-corrected chi connectivity index (χ1v) is 8.51. The van der Waals surface area contributed by atoms with E-state index in [1.807, 2.05) is 0 Å². The Morgan fingerprint density at radius 1 is 1.37 bits per heavy atom. The minimum absolute atomic E-state index is 0.639. The Hall–Kier alpha value is -0.210. The molecule has 0 spiro atoms. The lowest BCUT2D eigenvalue weighted by atomic mass is 9.79. The van der Waals surface area contributed by atoms with Crippen LogP contribution in [0.5, 0.6) is 5.75 Å². The summed E-state index contributed by atoms with van der Waals surface area (Å²) in [4.78, 5) is 0.639. The van der Waals surface area contributed by atoms with Crippen LogP contribution in [0, 0.1) is 11.8 Å². The van der Waals surface area contributed by atoms with Crippen LogP contribution in [0.2, 0.25) is 5.02 Å². The molecule has 1 fully saturated rings. The molecule has 3 atom stereocenters. The fourth-order valence-corrected chi connectivity index (χ4v) is 4.38. The van der Waals surface area contributed by atoms with Gasteiger partial charge in [0.2, 0.25) is 0 Å². The highest BCUT2D eigenvalue weighted by Crippen LogP contribution is 2.40. The van der Waals surface area contributed by atoms with E-state index in [0.29, 0.717) is 10.7 Å². The SMILES string of the molecule is CC1CCC(Br)C(Cc2cc(Cl)cc3c2OCC3)C1. The molecule has 0 radical (unpaired) electrons. The van der Waals surface area contributed by atoms with Crippen LogP contribution >= 0.6 is 27.5 Å². The first-order valence-electron chi connectivity index (χ1n) is 7.21. The van der Waals surface area contributed by atoms with Gasteiger partial charge in [-0.3, -0.25) is 0 Å². The summed E-state index contributed by atoms with van der Waals surface area (Å²) in [6.45, 7) is 3.17. The third-order valence-electron chi connectivity index (χ3n) is 4.46. The van der Waals surface area contributed by atoms with Gasteiger partial charge in [-0.2, -0.15) is 0 Å². The summed E-state index contributed by atoms with van der Waals surface area (Å²) in [5, 5.41) is 0.856. The van der Waals surface area contributed by atoms with E-state index in [1.54, 1.807) is 0 Å². The first kappa shape index (κ1) is 13.8. The molecule has 3 unspecified atom stereocenters. The summed E-state index contributed by atoms with van der Waals surface area (Å²) in [7, 11) is 0. The van der Waals surface area contributed by atoms with Crippen LogP contribution < -0.4 is 4.74 Å². The number of hydrogen-bond donors (Lipinski definition) is 0. The van der Waals surface area contributed by atoms with Crippen LogP contribution in [0.1, 0.15) is 37.3 Å². The van der Waals surface area contributed by atoms with Crippen molar-refractivity contribution in [3.63, 3.8) is 0 Å². The zero-order valence-electron chi connectivity index (χ0n) is 11.3. The molecule has 0 amide bonds. The Labute approximate surface area is 128 Å². The van der Waals surface area contributed by atoms with Gasteiger partial charge in [0.15, 0.2) is 0 Å². The second-order valence-corrected chi connectivity index (χ2v) is 7.66. The van der Waals surface area contributed by atoms with Gasteiger partial charge in [-0.25, -0.2) is 0 Å². The molecule has 1 nitrogen and oxygen atoms in total. The highest BCUT2D eigenvalue weighted by Gasteiger charge is 2.29. The van der Waals surface area contributed by atoms with Crippen LogP contribution in [0.3, 0.4) is 0 Å². The molecule has 2 aliphatic rings. The maximum Gasteiger partial charge on any atom is 0.125 e. The van der Waals surface area contributed by atoms with Crippen molar-refractivity contribution >= 4 is 27.5 Å². The van der Waals surface area contributed by atoms with Gasteiger partial charge in [0.1, 0.15) is 5.75 Å². The molecule has 1 aliphatic carbocycles. The average Bonchev–Trinajstić information content (AvgIpc) is 2.82. The molecule has 0 aromatic heterocycles. The second kappa shape index (κ2) is 5.65. The quantitative estimate of drug-likeness (QED) is 0.685. The van der Waals surface area contributed by atoms with Crippen molar-refractivity contribution in [2.24, 2.45) is 11.8 Å². The van der Waals surface area contributed by atoms with Crippen molar-refractivity contribution in [3.8, 4) is 5.75 Å². The molecular formula is C16H20BrClO. The Bertz CT molecular complexity index is 474. The zero-order valence-corrected chi connectivity index (χ0v) is 13.6. The minimum Gasteiger partial charge on any atom is -0.493 e. The summed E-state index contributed by atoms with van der Waals surface area (Å²) in [5.74, 6) is 2.66. The molecule has 19 heavy (non-hydrogen) atoms. The first-order chi connectivity index (χ1) is 9.13. The van der Waals surface area contributed by atoms with Gasteiger partial charge in [0.25, 0.3) is 0 Å². The van der Waals surface area contributed by atoms with Gasteiger partial charge in [-0.1, -0.05) is 34.5 Å². The Morgan fingerprint density at radius 3 is 3.05 bits per heavy atom. The van der Waals surface area contributed by atoms with Gasteiger partial charge in [-0.15, -0.1) is 0 Å². The predicted molar refractivity (Wildman–Crippen MR) is 83.6 cm³/mol. The molecule has 3 heteroatoms. The topological polar surface area (TPSA) is 9.23 Å². The molecule has 1 aliphatic heterocycles. The number of alkyl halides is 1. The Morgan fingerprint density at radius 2 is 2.21 bits per heavy atom. The van der Waals surface area contributed by atoms with Gasteiger partial charge in [0, 0.05) is 16.3 Å². The van der Waals surface area contributed by atoms with Crippen LogP contribution in [0.15, 0.2) is 12.1 Å².